The van der Waals surface area contributed by atoms with Crippen LogP contribution in [0.1, 0.15) is 42.9 Å². The lowest BCUT2D eigenvalue weighted by Gasteiger charge is -2.44. The first-order chi connectivity index (χ1) is 11.8. The lowest BCUT2D eigenvalue weighted by molar-refractivity contribution is -0.127. The smallest absolute Gasteiger partial charge is 0.248 e. The summed E-state index contributed by atoms with van der Waals surface area (Å²) in [6.07, 6.45) is 10.6. The fraction of sp³-hybridized carbons (Fsp3) is 0.706. The molecule has 1 aromatic rings. The summed E-state index contributed by atoms with van der Waals surface area (Å²) in [5, 5.41) is 9.96. The summed E-state index contributed by atoms with van der Waals surface area (Å²) >= 11 is 1.69. The van der Waals surface area contributed by atoms with Crippen LogP contribution in [-0.4, -0.2) is 59.5 Å². The van der Waals surface area contributed by atoms with Crippen molar-refractivity contribution in [3.8, 4) is 6.19 Å². The van der Waals surface area contributed by atoms with Crippen LogP contribution in [0.2, 0.25) is 0 Å². The summed E-state index contributed by atoms with van der Waals surface area (Å²) in [5.41, 5.74) is 0. The van der Waals surface area contributed by atoms with Crippen molar-refractivity contribution in [2.24, 2.45) is 0 Å². The zero-order chi connectivity index (χ0) is 16.5. The van der Waals surface area contributed by atoms with E-state index in [1.54, 1.807) is 16.2 Å². The molecule has 0 bridgehead atoms. The van der Waals surface area contributed by atoms with Crippen molar-refractivity contribution in [3.05, 3.63) is 11.1 Å². The van der Waals surface area contributed by atoms with Gasteiger partial charge in [0.25, 0.3) is 0 Å². The van der Waals surface area contributed by atoms with Gasteiger partial charge in [-0.25, -0.2) is 4.98 Å². The molecule has 24 heavy (non-hydrogen) atoms. The second-order valence-electron chi connectivity index (χ2n) is 6.97. The largest absolute Gasteiger partial charge is 0.307 e. The minimum Gasteiger partial charge on any atom is -0.307 e. The number of rotatable bonds is 2. The summed E-state index contributed by atoms with van der Waals surface area (Å²) in [5.74, 6) is 0.732. The van der Waals surface area contributed by atoms with E-state index in [0.717, 1.165) is 24.8 Å². The second kappa shape index (κ2) is 6.69. The molecule has 0 N–H and O–H groups in total. The lowest BCUT2D eigenvalue weighted by Crippen LogP contribution is -2.64. The normalized spacial score (nSPS) is 26.3. The minimum absolute atomic E-state index is 0.103. The Kier molecular flexibility index (Phi) is 4.42. The summed E-state index contributed by atoms with van der Waals surface area (Å²) in [6, 6.07) is -0.200. The Balaban J connectivity index is 1.49. The van der Waals surface area contributed by atoms with Crippen LogP contribution < -0.4 is 4.90 Å². The zero-order valence-corrected chi connectivity index (χ0v) is 14.7. The van der Waals surface area contributed by atoms with E-state index in [9.17, 15) is 4.79 Å². The SMILES string of the molecule is N#CN1CCN2CCN(c3ncc(C4CCCCC4)s3)C(=O)[C@@H]2C1. The van der Waals surface area contributed by atoms with E-state index in [0.29, 0.717) is 19.0 Å². The zero-order valence-electron chi connectivity index (χ0n) is 13.9. The van der Waals surface area contributed by atoms with Crippen molar-refractivity contribution in [3.63, 3.8) is 0 Å². The Morgan fingerprint density at radius 2 is 1.96 bits per heavy atom. The highest BCUT2D eigenvalue weighted by Crippen LogP contribution is 2.38. The molecule has 0 unspecified atom stereocenters. The van der Waals surface area contributed by atoms with E-state index in [2.05, 4.69) is 16.1 Å². The van der Waals surface area contributed by atoms with Crippen molar-refractivity contribution in [2.75, 3.05) is 37.6 Å². The van der Waals surface area contributed by atoms with Crippen molar-refractivity contribution >= 4 is 22.4 Å². The van der Waals surface area contributed by atoms with Crippen molar-refractivity contribution in [1.82, 2.24) is 14.8 Å². The number of hydrogen-bond donors (Lipinski definition) is 0. The highest BCUT2D eigenvalue weighted by Gasteiger charge is 2.40. The van der Waals surface area contributed by atoms with Crippen LogP contribution in [-0.2, 0) is 4.79 Å². The van der Waals surface area contributed by atoms with Gasteiger partial charge in [0.05, 0.1) is 6.54 Å². The first kappa shape index (κ1) is 15.9. The summed E-state index contributed by atoms with van der Waals surface area (Å²) < 4.78 is 0. The number of fused-ring (bicyclic) bond motifs is 1. The molecule has 0 radical (unpaired) electrons. The molecule has 0 spiro atoms. The Hall–Kier alpha value is -1.65. The maximum Gasteiger partial charge on any atom is 0.248 e. The third-order valence-corrected chi connectivity index (χ3v) is 6.73. The number of aromatic nitrogens is 1. The number of amides is 1. The molecule has 6 nitrogen and oxygen atoms in total. The Labute approximate surface area is 146 Å². The van der Waals surface area contributed by atoms with E-state index >= 15 is 0 Å². The minimum atomic E-state index is -0.200. The molecular formula is C17H23N5OS. The van der Waals surface area contributed by atoms with Gasteiger partial charge in [-0.2, -0.15) is 5.26 Å². The van der Waals surface area contributed by atoms with Gasteiger partial charge in [-0.3, -0.25) is 14.6 Å². The summed E-state index contributed by atoms with van der Waals surface area (Å²) in [7, 11) is 0. The third-order valence-electron chi connectivity index (χ3n) is 5.54. The molecule has 1 amide bonds. The van der Waals surface area contributed by atoms with Crippen molar-refractivity contribution in [2.45, 2.75) is 44.1 Å². The predicted octanol–water partition coefficient (Wildman–Crippen LogP) is 2.00. The predicted molar refractivity (Wildman–Crippen MR) is 92.8 cm³/mol. The quantitative estimate of drug-likeness (QED) is 0.767. The maximum absolute atomic E-state index is 12.9. The van der Waals surface area contributed by atoms with Crippen molar-refractivity contribution in [1.29, 1.82) is 5.26 Å². The number of nitriles is 1. The van der Waals surface area contributed by atoms with E-state index in [1.807, 2.05) is 11.1 Å². The summed E-state index contributed by atoms with van der Waals surface area (Å²) in [4.78, 5) is 24.6. The van der Waals surface area contributed by atoms with E-state index in [4.69, 9.17) is 5.26 Å². The van der Waals surface area contributed by atoms with Gasteiger partial charge in [0.15, 0.2) is 11.3 Å². The van der Waals surface area contributed by atoms with Gasteiger partial charge >= 0.3 is 0 Å². The highest BCUT2D eigenvalue weighted by molar-refractivity contribution is 7.15. The van der Waals surface area contributed by atoms with Crippen LogP contribution >= 0.6 is 11.3 Å². The van der Waals surface area contributed by atoms with Crippen LogP contribution in [0.15, 0.2) is 6.20 Å². The number of carbonyl (C=O) groups is 1. The van der Waals surface area contributed by atoms with Crippen molar-refractivity contribution < 1.29 is 4.79 Å². The number of hydrogen-bond acceptors (Lipinski definition) is 6. The van der Waals surface area contributed by atoms with Crippen LogP contribution in [0.25, 0.3) is 0 Å². The summed E-state index contributed by atoms with van der Waals surface area (Å²) in [6.45, 7) is 3.60. The standard InChI is InChI=1S/C17H23N5OS/c18-12-20-6-7-21-8-9-22(16(23)14(21)11-20)17-19-10-15(24-17)13-4-2-1-3-5-13/h10,13-14H,1-9,11H2/t14-/m0/s1. The highest BCUT2D eigenvalue weighted by atomic mass is 32.1. The van der Waals surface area contributed by atoms with Gasteiger partial charge in [0.1, 0.15) is 6.04 Å². The van der Waals surface area contributed by atoms with E-state index < -0.39 is 0 Å². The fourth-order valence-electron chi connectivity index (χ4n) is 4.10. The van der Waals surface area contributed by atoms with Gasteiger partial charge < -0.3 is 4.90 Å². The third kappa shape index (κ3) is 2.89. The molecule has 1 atom stereocenters. The molecule has 3 heterocycles. The van der Waals surface area contributed by atoms with Crippen LogP contribution in [0.4, 0.5) is 5.13 Å². The molecule has 3 aliphatic rings. The molecule has 1 aromatic heterocycles. The molecule has 4 rings (SSSR count). The lowest BCUT2D eigenvalue weighted by atomic mass is 9.89. The molecule has 128 valence electrons. The first-order valence-corrected chi connectivity index (χ1v) is 9.74. The molecule has 3 fully saturated rings. The van der Waals surface area contributed by atoms with Crippen LogP contribution in [0.3, 0.4) is 0 Å². The van der Waals surface area contributed by atoms with Gasteiger partial charge in [-0.1, -0.05) is 19.3 Å². The molecule has 0 aromatic carbocycles. The topological polar surface area (TPSA) is 63.5 Å². The van der Waals surface area contributed by atoms with Gasteiger partial charge in [0, 0.05) is 37.3 Å². The van der Waals surface area contributed by atoms with Gasteiger partial charge in [-0.15, -0.1) is 11.3 Å². The fourth-order valence-corrected chi connectivity index (χ4v) is 5.21. The Morgan fingerprint density at radius 3 is 2.75 bits per heavy atom. The number of piperazine rings is 2. The van der Waals surface area contributed by atoms with E-state index in [-0.39, 0.29) is 11.9 Å². The average molecular weight is 345 g/mol. The van der Waals surface area contributed by atoms with Gasteiger partial charge in [0.2, 0.25) is 5.91 Å². The van der Waals surface area contributed by atoms with Gasteiger partial charge in [-0.05, 0) is 18.8 Å². The Morgan fingerprint density at radius 1 is 1.17 bits per heavy atom. The molecule has 7 heteroatoms. The molecular weight excluding hydrogens is 322 g/mol. The van der Waals surface area contributed by atoms with Crippen LogP contribution in [0, 0.1) is 11.5 Å². The number of thiazole rings is 1. The molecule has 1 aliphatic carbocycles. The van der Waals surface area contributed by atoms with Crippen LogP contribution in [0.5, 0.6) is 0 Å². The second-order valence-corrected chi connectivity index (χ2v) is 8.01. The average Bonchev–Trinajstić information content (AvgIpc) is 3.12. The number of nitrogens with zero attached hydrogens (tertiary/aromatic N) is 5. The molecule has 1 saturated carbocycles. The molecule has 2 saturated heterocycles. The Bertz CT molecular complexity index is 648. The number of anilines is 1. The maximum atomic E-state index is 12.9. The monoisotopic (exact) mass is 345 g/mol. The number of carbonyl (C=O) groups excluding carboxylic acids is 1. The molecule has 2 aliphatic heterocycles. The van der Waals surface area contributed by atoms with E-state index in [1.165, 1.54) is 37.0 Å². The first-order valence-electron chi connectivity index (χ1n) is 8.92.